The van der Waals surface area contributed by atoms with Crippen LogP contribution in [0.25, 0.3) is 0 Å². The van der Waals surface area contributed by atoms with E-state index in [0.29, 0.717) is 16.1 Å². The molecular formula is C6H8BrN5O. The molecule has 7 heteroatoms. The lowest BCUT2D eigenvalue weighted by Gasteiger charge is -2.05. The highest BCUT2D eigenvalue weighted by molar-refractivity contribution is 9.10. The molecular weight excluding hydrogens is 238 g/mol. The third kappa shape index (κ3) is 2.55. The summed E-state index contributed by atoms with van der Waals surface area (Å²) in [6.45, 7) is 0.00898. The van der Waals surface area contributed by atoms with E-state index in [1.54, 1.807) is 0 Å². The SMILES string of the molecule is NC(=O)CNc1ncnc(N)c1Br. The lowest BCUT2D eigenvalue weighted by molar-refractivity contribution is -0.116. The van der Waals surface area contributed by atoms with Crippen LogP contribution in [-0.4, -0.2) is 22.4 Å². The third-order valence-electron chi connectivity index (χ3n) is 1.25. The largest absolute Gasteiger partial charge is 0.383 e. The van der Waals surface area contributed by atoms with Crippen LogP contribution in [-0.2, 0) is 4.79 Å². The minimum absolute atomic E-state index is 0.00898. The van der Waals surface area contributed by atoms with E-state index in [-0.39, 0.29) is 6.54 Å². The quantitative estimate of drug-likeness (QED) is 0.679. The zero-order valence-corrected chi connectivity index (χ0v) is 8.21. The second-order valence-corrected chi connectivity index (χ2v) is 3.03. The van der Waals surface area contributed by atoms with Gasteiger partial charge < -0.3 is 16.8 Å². The number of halogens is 1. The lowest BCUT2D eigenvalue weighted by Crippen LogP contribution is -2.22. The van der Waals surface area contributed by atoms with E-state index in [1.807, 2.05) is 0 Å². The van der Waals surface area contributed by atoms with E-state index >= 15 is 0 Å². The number of amides is 1. The van der Waals surface area contributed by atoms with E-state index in [9.17, 15) is 4.79 Å². The van der Waals surface area contributed by atoms with Crippen LogP contribution in [0, 0.1) is 0 Å². The minimum atomic E-state index is -0.468. The van der Waals surface area contributed by atoms with E-state index in [1.165, 1.54) is 6.33 Å². The van der Waals surface area contributed by atoms with Crippen molar-refractivity contribution in [3.63, 3.8) is 0 Å². The molecule has 1 aromatic rings. The summed E-state index contributed by atoms with van der Waals surface area (Å²) >= 11 is 3.17. The van der Waals surface area contributed by atoms with Gasteiger partial charge in [0.15, 0.2) is 0 Å². The van der Waals surface area contributed by atoms with Crippen molar-refractivity contribution in [1.29, 1.82) is 0 Å². The van der Waals surface area contributed by atoms with Crippen molar-refractivity contribution in [3.8, 4) is 0 Å². The summed E-state index contributed by atoms with van der Waals surface area (Å²) in [5, 5.41) is 2.70. The van der Waals surface area contributed by atoms with Crippen molar-refractivity contribution < 1.29 is 4.79 Å². The van der Waals surface area contributed by atoms with Gasteiger partial charge in [0.25, 0.3) is 0 Å². The average Bonchev–Trinajstić information content (AvgIpc) is 2.07. The molecule has 1 heterocycles. The molecule has 0 spiro atoms. The summed E-state index contributed by atoms with van der Waals surface area (Å²) in [5.41, 5.74) is 10.4. The summed E-state index contributed by atoms with van der Waals surface area (Å²) in [6, 6.07) is 0. The Bertz CT molecular complexity index is 329. The second kappa shape index (κ2) is 4.04. The van der Waals surface area contributed by atoms with Gasteiger partial charge in [-0.1, -0.05) is 0 Å². The van der Waals surface area contributed by atoms with Crippen LogP contribution in [0.3, 0.4) is 0 Å². The Balaban J connectivity index is 2.77. The summed E-state index contributed by atoms with van der Waals surface area (Å²) < 4.78 is 0.524. The van der Waals surface area contributed by atoms with Gasteiger partial charge in [0.1, 0.15) is 22.4 Å². The van der Waals surface area contributed by atoms with E-state index in [4.69, 9.17) is 11.5 Å². The van der Waals surface area contributed by atoms with E-state index < -0.39 is 5.91 Å². The molecule has 0 aliphatic rings. The fourth-order valence-electron chi connectivity index (χ4n) is 0.678. The molecule has 1 amide bonds. The molecule has 1 rings (SSSR count). The molecule has 0 bridgehead atoms. The van der Waals surface area contributed by atoms with Crippen molar-refractivity contribution in [2.45, 2.75) is 0 Å². The van der Waals surface area contributed by atoms with Crippen LogP contribution in [0.5, 0.6) is 0 Å². The molecule has 0 fully saturated rings. The Morgan fingerprint density at radius 1 is 1.62 bits per heavy atom. The smallest absolute Gasteiger partial charge is 0.236 e. The monoisotopic (exact) mass is 245 g/mol. The number of primary amides is 1. The topological polar surface area (TPSA) is 107 Å². The Hall–Kier alpha value is -1.37. The highest BCUT2D eigenvalue weighted by Gasteiger charge is 2.05. The standard InChI is InChI=1S/C6H8BrN5O/c7-4-5(9)11-2-12-6(4)10-1-3(8)13/h2H,1H2,(H2,8,13)(H3,9,10,11,12). The van der Waals surface area contributed by atoms with Crippen molar-refractivity contribution in [2.24, 2.45) is 5.73 Å². The first-order valence-corrected chi connectivity index (χ1v) is 4.18. The van der Waals surface area contributed by atoms with Gasteiger partial charge in [-0.2, -0.15) is 0 Å². The number of nitrogens with zero attached hydrogens (tertiary/aromatic N) is 2. The maximum absolute atomic E-state index is 10.4. The van der Waals surface area contributed by atoms with Crippen molar-refractivity contribution in [2.75, 3.05) is 17.6 Å². The van der Waals surface area contributed by atoms with Crippen molar-refractivity contribution >= 4 is 33.5 Å². The predicted octanol–water partition coefficient (Wildman–Crippen LogP) is -0.282. The third-order valence-corrected chi connectivity index (χ3v) is 2.03. The highest BCUT2D eigenvalue weighted by atomic mass is 79.9. The van der Waals surface area contributed by atoms with Gasteiger partial charge >= 0.3 is 0 Å². The van der Waals surface area contributed by atoms with Crippen LogP contribution in [0.2, 0.25) is 0 Å². The van der Waals surface area contributed by atoms with E-state index in [0.717, 1.165) is 0 Å². The fraction of sp³-hybridized carbons (Fsp3) is 0.167. The number of hydrogen-bond donors (Lipinski definition) is 3. The molecule has 5 N–H and O–H groups in total. The summed E-state index contributed by atoms with van der Waals surface area (Å²) in [4.78, 5) is 18.0. The number of hydrogen-bond acceptors (Lipinski definition) is 5. The van der Waals surface area contributed by atoms with Gasteiger partial charge in [0.2, 0.25) is 5.91 Å². The normalized spacial score (nSPS) is 9.62. The van der Waals surface area contributed by atoms with Gasteiger partial charge in [0.05, 0.1) is 6.54 Å². The lowest BCUT2D eigenvalue weighted by atomic mass is 10.5. The molecule has 0 aromatic carbocycles. The molecule has 1 aromatic heterocycles. The molecule has 70 valence electrons. The molecule has 0 saturated carbocycles. The molecule has 0 saturated heterocycles. The highest BCUT2D eigenvalue weighted by Crippen LogP contribution is 2.23. The van der Waals surface area contributed by atoms with Crippen LogP contribution < -0.4 is 16.8 Å². The Labute approximate surface area is 82.9 Å². The number of nitrogens with one attached hydrogen (secondary N) is 1. The van der Waals surface area contributed by atoms with E-state index in [2.05, 4.69) is 31.2 Å². The van der Waals surface area contributed by atoms with Gasteiger partial charge in [-0.25, -0.2) is 9.97 Å². The van der Waals surface area contributed by atoms with Crippen LogP contribution >= 0.6 is 15.9 Å². The first kappa shape index (κ1) is 9.72. The van der Waals surface area contributed by atoms with Gasteiger partial charge in [0, 0.05) is 0 Å². The Morgan fingerprint density at radius 2 is 2.31 bits per heavy atom. The Kier molecular flexibility index (Phi) is 3.02. The average molecular weight is 246 g/mol. The summed E-state index contributed by atoms with van der Waals surface area (Å²) in [6.07, 6.45) is 1.30. The number of anilines is 2. The predicted molar refractivity (Wildman–Crippen MR) is 51.8 cm³/mol. The number of carbonyl (C=O) groups excluding carboxylic acids is 1. The van der Waals surface area contributed by atoms with Crippen LogP contribution in [0.4, 0.5) is 11.6 Å². The fourth-order valence-corrected chi connectivity index (χ4v) is 1.02. The summed E-state index contributed by atoms with van der Waals surface area (Å²) in [5.74, 6) is 0.289. The summed E-state index contributed by atoms with van der Waals surface area (Å²) in [7, 11) is 0. The zero-order chi connectivity index (χ0) is 9.84. The van der Waals surface area contributed by atoms with Gasteiger partial charge in [-0.3, -0.25) is 4.79 Å². The second-order valence-electron chi connectivity index (χ2n) is 2.24. The van der Waals surface area contributed by atoms with Crippen molar-refractivity contribution in [3.05, 3.63) is 10.8 Å². The number of nitrogen functional groups attached to an aromatic ring is 1. The minimum Gasteiger partial charge on any atom is -0.383 e. The number of aromatic nitrogens is 2. The molecule has 0 radical (unpaired) electrons. The van der Waals surface area contributed by atoms with Crippen LogP contribution in [0.15, 0.2) is 10.8 Å². The maximum atomic E-state index is 10.4. The number of carbonyl (C=O) groups is 1. The molecule has 0 aliphatic carbocycles. The number of nitrogens with two attached hydrogens (primary N) is 2. The van der Waals surface area contributed by atoms with Crippen LogP contribution in [0.1, 0.15) is 0 Å². The molecule has 0 aliphatic heterocycles. The molecule has 6 nitrogen and oxygen atoms in total. The first-order chi connectivity index (χ1) is 6.11. The molecule has 0 atom stereocenters. The molecule has 0 unspecified atom stereocenters. The van der Waals surface area contributed by atoms with Gasteiger partial charge in [-0.15, -0.1) is 0 Å². The van der Waals surface area contributed by atoms with Crippen molar-refractivity contribution in [1.82, 2.24) is 9.97 Å². The molecule has 13 heavy (non-hydrogen) atoms. The zero-order valence-electron chi connectivity index (χ0n) is 6.62. The first-order valence-electron chi connectivity index (χ1n) is 3.39. The Morgan fingerprint density at radius 3 is 2.92 bits per heavy atom. The van der Waals surface area contributed by atoms with Gasteiger partial charge in [-0.05, 0) is 15.9 Å². The number of rotatable bonds is 3. The maximum Gasteiger partial charge on any atom is 0.236 e.